The van der Waals surface area contributed by atoms with Crippen molar-refractivity contribution in [2.24, 2.45) is 14.1 Å². The van der Waals surface area contributed by atoms with Gasteiger partial charge in [-0.15, -0.1) is 0 Å². The number of halogens is 4. The Morgan fingerprint density at radius 2 is 1.57 bits per heavy atom. The summed E-state index contributed by atoms with van der Waals surface area (Å²) in [5.74, 6) is 1.28. The van der Waals surface area contributed by atoms with Crippen LogP contribution in [0, 0.1) is 13.8 Å². The molecule has 0 radical (unpaired) electrons. The van der Waals surface area contributed by atoms with Crippen molar-refractivity contribution in [3.8, 4) is 0 Å². The number of aromatic nitrogens is 2. The predicted octanol–water partition coefficient (Wildman–Crippen LogP) is 1.77. The highest BCUT2D eigenvalue weighted by Gasteiger charge is 2.20. The van der Waals surface area contributed by atoms with Crippen LogP contribution in [0.25, 0.3) is 0 Å². The van der Waals surface area contributed by atoms with Gasteiger partial charge in [-0.25, -0.2) is 9.13 Å². The molecule has 1 heterocycles. The van der Waals surface area contributed by atoms with Crippen molar-refractivity contribution in [2.75, 3.05) is 0 Å². The van der Waals surface area contributed by atoms with E-state index in [0.29, 0.717) is 0 Å². The summed E-state index contributed by atoms with van der Waals surface area (Å²) in [7, 11) is -1.87. The molecule has 0 atom stereocenters. The first-order valence-electron chi connectivity index (χ1n) is 3.98. The van der Waals surface area contributed by atoms with Crippen LogP contribution in [0.1, 0.15) is 11.5 Å². The van der Waals surface area contributed by atoms with Crippen molar-refractivity contribution in [1.82, 2.24) is 4.57 Å². The molecule has 0 unspecified atom stereocenters. The van der Waals surface area contributed by atoms with Crippen LogP contribution in [-0.4, -0.2) is 11.8 Å². The zero-order valence-electron chi connectivity index (χ0n) is 8.56. The Kier molecular flexibility index (Phi) is 4.16. The molecule has 0 amide bonds. The Morgan fingerprint density at radius 3 is 1.64 bits per heavy atom. The third-order valence-corrected chi connectivity index (χ3v) is 1.91. The fourth-order valence-electron chi connectivity index (χ4n) is 0.952. The minimum Gasteiger partial charge on any atom is -0.418 e. The molecule has 0 bridgehead atoms. The van der Waals surface area contributed by atoms with Crippen LogP contribution in [-0.2, 0) is 14.1 Å². The van der Waals surface area contributed by atoms with Gasteiger partial charge in [0.2, 0.25) is 0 Å². The van der Waals surface area contributed by atoms with E-state index in [1.807, 2.05) is 0 Å². The van der Waals surface area contributed by atoms with Crippen LogP contribution in [0.4, 0.5) is 17.3 Å². The third-order valence-electron chi connectivity index (χ3n) is 1.91. The summed E-state index contributed by atoms with van der Waals surface area (Å²) < 4.78 is 43.3. The van der Waals surface area contributed by atoms with E-state index in [0.717, 1.165) is 0 Å². The lowest BCUT2D eigenvalue weighted by Gasteiger charge is -1.94. The molecule has 2 nitrogen and oxygen atoms in total. The van der Waals surface area contributed by atoms with E-state index < -0.39 is 7.25 Å². The van der Waals surface area contributed by atoms with Gasteiger partial charge in [0.05, 0.1) is 14.1 Å². The van der Waals surface area contributed by atoms with Crippen molar-refractivity contribution in [3.05, 3.63) is 17.7 Å². The maximum Gasteiger partial charge on any atom is 0.673 e. The largest absolute Gasteiger partial charge is 0.673 e. The fraction of sp³-hybridized carbons (Fsp3) is 0.571. The van der Waals surface area contributed by atoms with E-state index in [4.69, 9.17) is 0 Å². The maximum atomic E-state index is 9.75. The molecule has 0 aromatic carbocycles. The number of rotatable bonds is 0. The van der Waals surface area contributed by atoms with Crippen LogP contribution in [0.15, 0.2) is 6.20 Å². The Bertz CT molecular complexity index is 277. The van der Waals surface area contributed by atoms with Gasteiger partial charge in [-0.05, 0) is 0 Å². The Labute approximate surface area is 80.3 Å². The van der Waals surface area contributed by atoms with E-state index >= 15 is 0 Å². The molecule has 7 heteroatoms. The second-order valence-electron chi connectivity index (χ2n) is 2.98. The topological polar surface area (TPSA) is 8.81 Å². The Morgan fingerprint density at radius 1 is 1.21 bits per heavy atom. The van der Waals surface area contributed by atoms with Crippen molar-refractivity contribution in [3.63, 3.8) is 0 Å². The van der Waals surface area contributed by atoms with E-state index in [1.54, 1.807) is 0 Å². The van der Waals surface area contributed by atoms with Crippen LogP contribution >= 0.6 is 0 Å². The lowest BCUT2D eigenvalue weighted by atomic mass is 10.3. The summed E-state index contributed by atoms with van der Waals surface area (Å²) in [6.45, 7) is 4.21. The van der Waals surface area contributed by atoms with Crippen molar-refractivity contribution < 1.29 is 21.8 Å². The molecule has 0 saturated carbocycles. The molecule has 0 N–H and O–H groups in total. The average molecular weight is 212 g/mol. The number of nitrogens with zero attached hydrogens (tertiary/aromatic N) is 2. The quantitative estimate of drug-likeness (QED) is 0.352. The number of hydrogen-bond acceptors (Lipinski definition) is 0. The molecular formula is C7H13BF4N2. The van der Waals surface area contributed by atoms with E-state index in [9.17, 15) is 17.3 Å². The monoisotopic (exact) mass is 212 g/mol. The molecule has 0 aliphatic rings. The third kappa shape index (κ3) is 4.88. The minimum atomic E-state index is -6.00. The highest BCUT2D eigenvalue weighted by molar-refractivity contribution is 6.50. The van der Waals surface area contributed by atoms with Gasteiger partial charge in [0.15, 0.2) is 0 Å². The van der Waals surface area contributed by atoms with Crippen LogP contribution in [0.5, 0.6) is 0 Å². The molecule has 1 aromatic rings. The van der Waals surface area contributed by atoms with E-state index in [2.05, 4.69) is 43.3 Å². The lowest BCUT2D eigenvalue weighted by molar-refractivity contribution is -0.677. The number of hydrogen-bond donors (Lipinski definition) is 0. The smallest absolute Gasteiger partial charge is 0.418 e. The van der Waals surface area contributed by atoms with Crippen molar-refractivity contribution >= 4 is 7.25 Å². The molecule has 0 spiro atoms. The highest BCUT2D eigenvalue weighted by atomic mass is 19.5. The highest BCUT2D eigenvalue weighted by Crippen LogP contribution is 2.06. The van der Waals surface area contributed by atoms with Gasteiger partial charge in [-0.2, -0.15) is 0 Å². The molecule has 14 heavy (non-hydrogen) atoms. The number of imidazole rings is 1. The molecule has 0 saturated heterocycles. The molecular weight excluding hydrogens is 199 g/mol. The fourth-order valence-corrected chi connectivity index (χ4v) is 0.952. The summed E-state index contributed by atoms with van der Waals surface area (Å²) in [6.07, 6.45) is 2.12. The van der Waals surface area contributed by atoms with E-state index in [1.165, 1.54) is 11.5 Å². The van der Waals surface area contributed by atoms with Gasteiger partial charge in [0.1, 0.15) is 11.9 Å². The summed E-state index contributed by atoms with van der Waals surface area (Å²) in [5, 5.41) is 0. The summed E-state index contributed by atoms with van der Waals surface area (Å²) >= 11 is 0. The van der Waals surface area contributed by atoms with Gasteiger partial charge in [0, 0.05) is 13.8 Å². The van der Waals surface area contributed by atoms with Gasteiger partial charge in [0.25, 0.3) is 5.82 Å². The van der Waals surface area contributed by atoms with Crippen LogP contribution in [0.3, 0.4) is 0 Å². The van der Waals surface area contributed by atoms with Gasteiger partial charge in [-0.3, -0.25) is 0 Å². The van der Waals surface area contributed by atoms with Crippen molar-refractivity contribution in [1.29, 1.82) is 0 Å². The van der Waals surface area contributed by atoms with Crippen molar-refractivity contribution in [2.45, 2.75) is 13.8 Å². The van der Waals surface area contributed by atoms with Gasteiger partial charge < -0.3 is 17.3 Å². The normalized spacial score (nSPS) is 10.9. The zero-order valence-corrected chi connectivity index (χ0v) is 8.56. The summed E-state index contributed by atoms with van der Waals surface area (Å²) in [4.78, 5) is 0. The van der Waals surface area contributed by atoms with Gasteiger partial charge in [-0.1, -0.05) is 0 Å². The maximum absolute atomic E-state index is 9.75. The number of aryl methyl sites for hydroxylation is 2. The molecule has 0 aliphatic heterocycles. The standard InChI is InChI=1S/C7H13N2.BF4/c1-6-5-8(3)7(2)9(6)4;2-1(3,4)5/h5H,1-4H3;/q+1;-1. The van der Waals surface area contributed by atoms with Crippen LogP contribution in [0.2, 0.25) is 0 Å². The molecule has 0 fully saturated rings. The minimum absolute atomic E-state index is 1.28. The first-order valence-corrected chi connectivity index (χ1v) is 3.98. The zero-order chi connectivity index (χ0) is 11.5. The first kappa shape index (κ1) is 13.0. The van der Waals surface area contributed by atoms with Crippen LogP contribution < -0.4 is 4.57 Å². The Hall–Kier alpha value is -1.01. The average Bonchev–Trinajstić information content (AvgIpc) is 2.14. The molecule has 1 rings (SSSR count). The molecule has 82 valence electrons. The van der Waals surface area contributed by atoms with E-state index in [-0.39, 0.29) is 0 Å². The predicted molar refractivity (Wildman–Crippen MR) is 46.2 cm³/mol. The summed E-state index contributed by atoms with van der Waals surface area (Å²) in [6, 6.07) is 0. The Balaban J connectivity index is 0.000000292. The lowest BCUT2D eigenvalue weighted by Crippen LogP contribution is -2.29. The first-order chi connectivity index (χ1) is 6.13. The molecule has 1 aromatic heterocycles. The van der Waals surface area contributed by atoms with Gasteiger partial charge >= 0.3 is 7.25 Å². The second kappa shape index (κ2) is 4.48. The SMILES string of the molecule is Cc1c[n+](C)c(C)n1C.F[B-](F)(F)F. The second-order valence-corrected chi connectivity index (χ2v) is 2.98. The summed E-state index contributed by atoms with van der Waals surface area (Å²) in [5.41, 5.74) is 1.30. The molecule has 0 aliphatic carbocycles.